The summed E-state index contributed by atoms with van der Waals surface area (Å²) in [4.78, 5) is 23.4. The molecular formula is C25H27ClFN5O2. The van der Waals surface area contributed by atoms with Crippen molar-refractivity contribution < 1.29 is 13.9 Å². The topological polar surface area (TPSA) is 79.4 Å². The molecule has 0 spiro atoms. The number of fused-ring (bicyclic) bond motifs is 1. The summed E-state index contributed by atoms with van der Waals surface area (Å²) in [6.45, 7) is 2.12. The average Bonchev–Trinajstić information content (AvgIpc) is 3.30. The smallest absolute Gasteiger partial charge is 0.248 e. The highest BCUT2D eigenvalue weighted by molar-refractivity contribution is 6.31. The third-order valence-corrected chi connectivity index (χ3v) is 5.86. The van der Waals surface area contributed by atoms with Crippen LogP contribution in [0.25, 0.3) is 10.9 Å². The molecule has 3 aromatic rings. The highest BCUT2D eigenvalue weighted by atomic mass is 35.5. The monoisotopic (exact) mass is 483 g/mol. The van der Waals surface area contributed by atoms with Gasteiger partial charge in [-0.05, 0) is 68.8 Å². The Morgan fingerprint density at radius 3 is 2.88 bits per heavy atom. The van der Waals surface area contributed by atoms with E-state index in [2.05, 4.69) is 20.6 Å². The number of nitrogens with zero attached hydrogens (tertiary/aromatic N) is 3. The van der Waals surface area contributed by atoms with E-state index in [4.69, 9.17) is 16.3 Å². The minimum atomic E-state index is -0.493. The lowest BCUT2D eigenvalue weighted by molar-refractivity contribution is -0.111. The van der Waals surface area contributed by atoms with Crippen LogP contribution in [0.15, 0.2) is 48.8 Å². The number of aromatic nitrogens is 2. The van der Waals surface area contributed by atoms with Crippen LogP contribution in [-0.2, 0) is 16.0 Å². The molecule has 1 aliphatic heterocycles. The van der Waals surface area contributed by atoms with Gasteiger partial charge < -0.3 is 20.3 Å². The zero-order valence-corrected chi connectivity index (χ0v) is 19.9. The predicted octanol–water partition coefficient (Wildman–Crippen LogP) is 4.80. The van der Waals surface area contributed by atoms with E-state index in [0.29, 0.717) is 36.3 Å². The fraction of sp³-hybridized carbons (Fsp3) is 0.320. The van der Waals surface area contributed by atoms with Gasteiger partial charge in [-0.25, -0.2) is 14.4 Å². The number of anilines is 3. The standard InChI is InChI=1S/C25H27ClFN5O2/c1-32(2)8-3-4-24(33)31-22-13-19-23(11-17(22)10-16-7-9-34-14-16)28-15-29-25(19)30-18-5-6-21(27)20(26)12-18/h3-6,11-13,15-16H,7-10,14H2,1-2H3,(H,31,33)(H,28,29,30)/t16-/m1/s1. The van der Waals surface area contributed by atoms with Gasteiger partial charge in [-0.15, -0.1) is 0 Å². The van der Waals surface area contributed by atoms with E-state index in [9.17, 15) is 9.18 Å². The van der Waals surface area contributed by atoms with Crippen LogP contribution >= 0.6 is 11.6 Å². The zero-order chi connectivity index (χ0) is 24.1. The minimum absolute atomic E-state index is 0.0156. The second kappa shape index (κ2) is 10.9. The van der Waals surface area contributed by atoms with Crippen LogP contribution in [0.4, 0.5) is 21.6 Å². The third-order valence-electron chi connectivity index (χ3n) is 5.57. The van der Waals surface area contributed by atoms with Crippen molar-refractivity contribution in [1.29, 1.82) is 0 Å². The summed E-state index contributed by atoms with van der Waals surface area (Å²) in [5.74, 6) is 0.217. The number of benzene rings is 2. The van der Waals surface area contributed by atoms with Gasteiger partial charge in [0.05, 0.1) is 10.5 Å². The van der Waals surface area contributed by atoms with Gasteiger partial charge in [0.1, 0.15) is 18.0 Å². The summed E-state index contributed by atoms with van der Waals surface area (Å²) >= 11 is 5.93. The van der Waals surface area contributed by atoms with Crippen molar-refractivity contribution in [1.82, 2.24) is 14.9 Å². The SMILES string of the molecule is CN(C)CC=CC(=O)Nc1cc2c(Nc3ccc(F)c(Cl)c3)ncnc2cc1C[C@H]1CCOC1. The van der Waals surface area contributed by atoms with E-state index in [0.717, 1.165) is 35.9 Å². The van der Waals surface area contributed by atoms with Gasteiger partial charge in [0.25, 0.3) is 0 Å². The number of amides is 1. The van der Waals surface area contributed by atoms with E-state index in [1.807, 2.05) is 37.2 Å². The molecule has 0 saturated carbocycles. The van der Waals surface area contributed by atoms with E-state index < -0.39 is 5.82 Å². The van der Waals surface area contributed by atoms with Crippen LogP contribution in [0, 0.1) is 11.7 Å². The Kier molecular flexibility index (Phi) is 7.72. The summed E-state index contributed by atoms with van der Waals surface area (Å²) in [6.07, 6.45) is 6.58. The molecule has 4 rings (SSSR count). The maximum absolute atomic E-state index is 13.6. The molecule has 1 aromatic heterocycles. The number of ether oxygens (including phenoxy) is 1. The highest BCUT2D eigenvalue weighted by Gasteiger charge is 2.20. The first kappa shape index (κ1) is 24.1. The molecule has 0 bridgehead atoms. The summed E-state index contributed by atoms with van der Waals surface area (Å²) in [7, 11) is 3.88. The lowest BCUT2D eigenvalue weighted by Crippen LogP contribution is -2.14. The van der Waals surface area contributed by atoms with Crippen molar-refractivity contribution >= 4 is 45.6 Å². The Morgan fingerprint density at radius 2 is 2.15 bits per heavy atom. The van der Waals surface area contributed by atoms with Crippen LogP contribution < -0.4 is 10.6 Å². The molecule has 9 heteroatoms. The number of carbonyl (C=O) groups excluding carboxylic acids is 1. The van der Waals surface area contributed by atoms with Gasteiger partial charge in [-0.3, -0.25) is 4.79 Å². The van der Waals surface area contributed by atoms with Crippen molar-refractivity contribution in [3.05, 3.63) is 65.2 Å². The summed E-state index contributed by atoms with van der Waals surface area (Å²) in [5.41, 5.74) is 3.03. The van der Waals surface area contributed by atoms with Gasteiger partial charge in [0, 0.05) is 42.6 Å². The molecule has 1 amide bonds. The first-order valence-electron chi connectivity index (χ1n) is 11.1. The van der Waals surface area contributed by atoms with Crippen LogP contribution in [0.5, 0.6) is 0 Å². The Morgan fingerprint density at radius 1 is 1.29 bits per heavy atom. The average molecular weight is 484 g/mol. The molecule has 1 aliphatic rings. The first-order valence-corrected chi connectivity index (χ1v) is 11.5. The fourth-order valence-electron chi connectivity index (χ4n) is 3.84. The number of likely N-dealkylation sites (N-methyl/N-ethyl adjacent to an activating group) is 1. The number of halogens is 2. The Bertz CT molecular complexity index is 1210. The Labute approximate surface area is 203 Å². The Hall–Kier alpha value is -3.07. The van der Waals surface area contributed by atoms with E-state index in [-0.39, 0.29) is 10.9 Å². The second-order valence-electron chi connectivity index (χ2n) is 8.59. The van der Waals surface area contributed by atoms with Gasteiger partial charge in [-0.1, -0.05) is 17.7 Å². The van der Waals surface area contributed by atoms with E-state index in [1.54, 1.807) is 6.07 Å². The lowest BCUT2D eigenvalue weighted by Gasteiger charge is -2.16. The molecule has 0 aliphatic carbocycles. The largest absolute Gasteiger partial charge is 0.381 e. The summed E-state index contributed by atoms with van der Waals surface area (Å²) in [5, 5.41) is 6.94. The van der Waals surface area contributed by atoms with Gasteiger partial charge >= 0.3 is 0 Å². The van der Waals surface area contributed by atoms with Crippen molar-refractivity contribution in [3.8, 4) is 0 Å². The molecule has 34 heavy (non-hydrogen) atoms. The molecule has 1 fully saturated rings. The first-order chi connectivity index (χ1) is 16.4. The molecule has 1 saturated heterocycles. The van der Waals surface area contributed by atoms with Crippen LogP contribution in [0.3, 0.4) is 0 Å². The molecule has 1 atom stereocenters. The maximum atomic E-state index is 13.6. The minimum Gasteiger partial charge on any atom is -0.381 e. The van der Waals surface area contributed by atoms with Crippen molar-refractivity contribution in [3.63, 3.8) is 0 Å². The maximum Gasteiger partial charge on any atom is 0.248 e. The molecule has 0 unspecified atom stereocenters. The molecule has 2 N–H and O–H groups in total. The zero-order valence-electron chi connectivity index (χ0n) is 19.1. The predicted molar refractivity (Wildman–Crippen MR) is 133 cm³/mol. The molecule has 7 nitrogen and oxygen atoms in total. The summed E-state index contributed by atoms with van der Waals surface area (Å²) < 4.78 is 19.1. The molecule has 2 heterocycles. The molecule has 0 radical (unpaired) electrons. The lowest BCUT2D eigenvalue weighted by atomic mass is 9.96. The highest BCUT2D eigenvalue weighted by Crippen LogP contribution is 2.32. The molecule has 2 aromatic carbocycles. The third kappa shape index (κ3) is 6.08. The van der Waals surface area contributed by atoms with Gasteiger partial charge in [0.15, 0.2) is 0 Å². The number of hydrogen-bond acceptors (Lipinski definition) is 6. The van der Waals surface area contributed by atoms with Gasteiger partial charge in [0.2, 0.25) is 5.91 Å². The number of hydrogen-bond donors (Lipinski definition) is 2. The van der Waals surface area contributed by atoms with Gasteiger partial charge in [-0.2, -0.15) is 0 Å². The van der Waals surface area contributed by atoms with E-state index >= 15 is 0 Å². The number of carbonyl (C=O) groups is 1. The fourth-order valence-corrected chi connectivity index (χ4v) is 4.02. The van der Waals surface area contributed by atoms with Crippen molar-refractivity contribution in [2.75, 3.05) is 44.5 Å². The van der Waals surface area contributed by atoms with Crippen molar-refractivity contribution in [2.24, 2.45) is 5.92 Å². The van der Waals surface area contributed by atoms with Crippen LogP contribution in [0.2, 0.25) is 5.02 Å². The summed E-state index contributed by atoms with van der Waals surface area (Å²) in [6, 6.07) is 8.24. The molecule has 178 valence electrons. The van der Waals surface area contributed by atoms with Crippen LogP contribution in [0.1, 0.15) is 12.0 Å². The second-order valence-corrected chi connectivity index (χ2v) is 9.00. The molecular weight excluding hydrogens is 457 g/mol. The normalized spacial score (nSPS) is 16.0. The van der Waals surface area contributed by atoms with E-state index in [1.165, 1.54) is 24.5 Å². The Balaban J connectivity index is 1.68. The number of nitrogens with one attached hydrogen (secondary N) is 2. The van der Waals surface area contributed by atoms with Crippen LogP contribution in [-0.4, -0.2) is 54.6 Å². The van der Waals surface area contributed by atoms with Crippen molar-refractivity contribution in [2.45, 2.75) is 12.8 Å². The number of rotatable bonds is 8. The quantitative estimate of drug-likeness (QED) is 0.448.